The Morgan fingerprint density at radius 1 is 0.400 bits per heavy atom. The van der Waals surface area contributed by atoms with Crippen LogP contribution in [0.2, 0.25) is 0 Å². The molecule has 0 aliphatic heterocycles. The van der Waals surface area contributed by atoms with Crippen molar-refractivity contribution in [1.29, 1.82) is 0 Å². The summed E-state index contributed by atoms with van der Waals surface area (Å²) in [6, 6.07) is 78.6. The van der Waals surface area contributed by atoms with E-state index in [4.69, 9.17) is 14.4 Å². The molecule has 0 bridgehead atoms. The van der Waals surface area contributed by atoms with Gasteiger partial charge in [0.05, 0.1) is 6.54 Å². The van der Waals surface area contributed by atoms with E-state index in [-0.39, 0.29) is 0 Å². The first kappa shape index (κ1) is 36.5. The van der Waals surface area contributed by atoms with E-state index in [2.05, 4.69) is 188 Å². The van der Waals surface area contributed by atoms with Crippen LogP contribution in [0.15, 0.2) is 239 Å². The highest BCUT2D eigenvalue weighted by Gasteiger charge is 2.21. The molecule has 0 aliphatic carbocycles. The largest absolute Gasteiger partial charge is 0.455 e. The van der Waals surface area contributed by atoms with Gasteiger partial charge in [0.2, 0.25) is 0 Å². The second-order valence-corrected chi connectivity index (χ2v) is 14.9. The Morgan fingerprint density at radius 2 is 0.917 bits per heavy atom. The Hall–Kier alpha value is -7.88. The second-order valence-electron chi connectivity index (χ2n) is 14.9. The van der Waals surface area contributed by atoms with Crippen molar-refractivity contribution in [1.82, 2.24) is 0 Å². The van der Waals surface area contributed by atoms with Gasteiger partial charge in [-0.2, -0.15) is 0 Å². The minimum Gasteiger partial charge on any atom is -0.455 e. The fourth-order valence-corrected chi connectivity index (χ4v) is 8.08. The summed E-state index contributed by atoms with van der Waals surface area (Å²) in [6.07, 6.45) is 1.96. The zero-order valence-electron chi connectivity index (χ0n) is 32.9. The third-order valence-electron chi connectivity index (χ3n) is 11.1. The molecule has 9 aromatic carbocycles. The highest BCUT2D eigenvalue weighted by Crippen LogP contribution is 2.45. The number of hydrogen-bond donors (Lipinski definition) is 0. The molecule has 0 saturated heterocycles. The lowest BCUT2D eigenvalue weighted by Gasteiger charge is -2.14. The van der Waals surface area contributed by atoms with Gasteiger partial charge < -0.3 is 4.42 Å². The summed E-state index contributed by atoms with van der Waals surface area (Å²) in [5.41, 5.74) is 15.8. The summed E-state index contributed by atoms with van der Waals surface area (Å²) in [4.78, 5) is 10.2. The van der Waals surface area contributed by atoms with E-state index >= 15 is 0 Å². The quantitative estimate of drug-likeness (QED) is 0.106. The molecule has 0 amide bonds. The first-order valence-corrected chi connectivity index (χ1v) is 20.3. The van der Waals surface area contributed by atoms with Gasteiger partial charge in [-0.1, -0.05) is 200 Å². The summed E-state index contributed by atoms with van der Waals surface area (Å²) >= 11 is 0. The van der Waals surface area contributed by atoms with Gasteiger partial charge in [0.1, 0.15) is 11.2 Å². The van der Waals surface area contributed by atoms with E-state index in [1.807, 2.05) is 42.6 Å². The van der Waals surface area contributed by atoms with Crippen LogP contribution in [0, 0.1) is 0 Å². The number of benzene rings is 9. The smallest absolute Gasteiger partial charge is 0.154 e. The van der Waals surface area contributed by atoms with E-state index in [1.165, 1.54) is 11.1 Å². The van der Waals surface area contributed by atoms with Gasteiger partial charge in [-0.3, -0.25) is 4.99 Å². The van der Waals surface area contributed by atoms with Gasteiger partial charge in [-0.25, -0.2) is 4.99 Å². The third-order valence-corrected chi connectivity index (χ3v) is 11.1. The Balaban J connectivity index is 1.22. The predicted molar refractivity (Wildman–Crippen MR) is 252 cm³/mol. The lowest BCUT2D eigenvalue weighted by molar-refractivity contribution is 0.671. The van der Waals surface area contributed by atoms with Crippen LogP contribution >= 0.6 is 0 Å². The van der Waals surface area contributed by atoms with Crippen LogP contribution in [0.3, 0.4) is 0 Å². The maximum atomic E-state index is 7.22. The summed E-state index contributed by atoms with van der Waals surface area (Å²) in [6.45, 7) is 0.523. The number of fused-ring (bicyclic) bond motifs is 3. The molecule has 0 saturated carbocycles. The second kappa shape index (κ2) is 16.5. The number of amidine groups is 1. The maximum absolute atomic E-state index is 7.22. The van der Waals surface area contributed by atoms with Crippen LogP contribution < -0.4 is 0 Å². The van der Waals surface area contributed by atoms with Crippen LogP contribution in [0.25, 0.3) is 77.6 Å². The molecule has 3 heteroatoms. The topological polar surface area (TPSA) is 37.9 Å². The Labute approximate surface area is 350 Å². The first-order chi connectivity index (χ1) is 29.8. The van der Waals surface area contributed by atoms with Gasteiger partial charge in [0, 0.05) is 39.2 Å². The molecule has 1 heterocycles. The van der Waals surface area contributed by atoms with Crippen molar-refractivity contribution in [3.8, 4) is 55.6 Å². The maximum Gasteiger partial charge on any atom is 0.154 e. The summed E-state index contributed by atoms with van der Waals surface area (Å²) in [5.74, 6) is 0.670. The average Bonchev–Trinajstić information content (AvgIpc) is 3.73. The lowest BCUT2D eigenvalue weighted by atomic mass is 9.90. The molecule has 0 aliphatic rings. The van der Waals surface area contributed by atoms with Crippen LogP contribution in [0.1, 0.15) is 16.7 Å². The molecule has 0 radical (unpaired) electrons. The van der Waals surface area contributed by atoms with E-state index in [0.29, 0.717) is 12.4 Å². The van der Waals surface area contributed by atoms with Crippen molar-refractivity contribution in [2.45, 2.75) is 6.54 Å². The van der Waals surface area contributed by atoms with Gasteiger partial charge in [0.15, 0.2) is 5.84 Å². The molecule has 60 heavy (non-hydrogen) atoms. The minimum absolute atomic E-state index is 0.523. The monoisotopic (exact) mass is 768 g/mol. The Morgan fingerprint density at radius 3 is 1.55 bits per heavy atom. The van der Waals surface area contributed by atoms with Crippen molar-refractivity contribution < 1.29 is 4.42 Å². The highest BCUT2D eigenvalue weighted by atomic mass is 16.3. The fourth-order valence-electron chi connectivity index (χ4n) is 8.08. The predicted octanol–water partition coefficient (Wildman–Crippen LogP) is 15.0. The summed E-state index contributed by atoms with van der Waals surface area (Å²) < 4.78 is 7.22. The van der Waals surface area contributed by atoms with Crippen molar-refractivity contribution in [2.24, 2.45) is 9.98 Å². The molecule has 1 aromatic heterocycles. The van der Waals surface area contributed by atoms with Crippen molar-refractivity contribution in [3.05, 3.63) is 241 Å². The highest BCUT2D eigenvalue weighted by molar-refractivity contribution is 6.21. The van der Waals surface area contributed by atoms with Crippen molar-refractivity contribution in [2.75, 3.05) is 0 Å². The van der Waals surface area contributed by atoms with Gasteiger partial charge >= 0.3 is 0 Å². The fraction of sp³-hybridized carbons (Fsp3) is 0.0175. The molecule has 3 nitrogen and oxygen atoms in total. The molecule has 0 spiro atoms. The van der Waals surface area contributed by atoms with Gasteiger partial charge in [-0.15, -0.1) is 0 Å². The number of rotatable bonds is 9. The molecule has 0 unspecified atom stereocenters. The lowest BCUT2D eigenvalue weighted by Crippen LogP contribution is -2.00. The number of hydrogen-bond acceptors (Lipinski definition) is 2. The van der Waals surface area contributed by atoms with Crippen molar-refractivity contribution >= 4 is 34.0 Å². The standard InChI is InChI=1S/C57H40N2O/c1-7-19-40(20-8-1)38-58-57(45-29-17-6-18-30-45)59-39-47-32-34-50(46-31-33-49(42-23-11-3-12-24-42)51(35-46)43-25-13-4-14-26-43)56-54(47)53-37-48(41-21-9-2-10-22-41)36-52(55(53)60-56)44-27-15-5-16-28-44/h1-37,39H,38H2. The van der Waals surface area contributed by atoms with Crippen LogP contribution in [0.4, 0.5) is 0 Å². The minimum atomic E-state index is 0.523. The van der Waals surface area contributed by atoms with E-state index in [0.717, 1.165) is 83.1 Å². The summed E-state index contributed by atoms with van der Waals surface area (Å²) in [7, 11) is 0. The first-order valence-electron chi connectivity index (χ1n) is 20.3. The van der Waals surface area contributed by atoms with E-state index in [1.54, 1.807) is 0 Å². The van der Waals surface area contributed by atoms with Crippen LogP contribution in [0.5, 0.6) is 0 Å². The number of furan rings is 1. The van der Waals surface area contributed by atoms with Crippen LogP contribution in [-0.2, 0) is 6.54 Å². The Bertz CT molecular complexity index is 3120. The molecular weight excluding hydrogens is 729 g/mol. The van der Waals surface area contributed by atoms with Crippen molar-refractivity contribution in [3.63, 3.8) is 0 Å². The number of aliphatic imine (C=N–C) groups is 2. The Kier molecular flexibility index (Phi) is 10.0. The van der Waals surface area contributed by atoms with E-state index < -0.39 is 0 Å². The average molecular weight is 769 g/mol. The molecule has 0 atom stereocenters. The van der Waals surface area contributed by atoms with Gasteiger partial charge in [-0.05, 0) is 74.3 Å². The third kappa shape index (κ3) is 7.37. The molecule has 284 valence electrons. The number of nitrogens with zero attached hydrogens (tertiary/aromatic N) is 2. The molecule has 0 fully saturated rings. The SMILES string of the molecule is C(=NC(=NCc1ccccc1)c1ccccc1)c1ccc(-c2ccc(-c3ccccc3)c(-c3ccccc3)c2)c2oc3c(-c4ccccc4)cc(-c4ccccc4)cc3c12. The van der Waals surface area contributed by atoms with Gasteiger partial charge in [0.25, 0.3) is 0 Å². The molecule has 10 rings (SSSR count). The van der Waals surface area contributed by atoms with Crippen LogP contribution in [-0.4, -0.2) is 12.1 Å². The molecular formula is C57H40N2O. The zero-order chi connectivity index (χ0) is 40.1. The summed E-state index contributed by atoms with van der Waals surface area (Å²) in [5, 5.41) is 2.03. The normalized spacial score (nSPS) is 11.8. The van der Waals surface area contributed by atoms with E-state index in [9.17, 15) is 0 Å². The zero-order valence-corrected chi connectivity index (χ0v) is 32.9. The molecule has 0 N–H and O–H groups in total. The molecule has 10 aromatic rings.